The summed E-state index contributed by atoms with van der Waals surface area (Å²) in [6, 6.07) is 8.05. The number of rotatable bonds is 4. The Morgan fingerprint density at radius 1 is 1.25 bits per heavy atom. The van der Waals surface area contributed by atoms with E-state index >= 15 is 0 Å². The number of Topliss-reactive ketones (excluding diaryl/α,β-unsaturated/α-hetero) is 1. The molecule has 1 aromatic carbocycles. The second kappa shape index (κ2) is 6.28. The Labute approximate surface area is 126 Å². The molecule has 2 unspecified atom stereocenters. The fraction of sp³-hybridized carbons (Fsp3) is 0.588. The number of hydrogen-bond acceptors (Lipinski definition) is 2. The van der Waals surface area contributed by atoms with E-state index in [1.165, 1.54) is 38.6 Å². The summed E-state index contributed by atoms with van der Waals surface area (Å²) in [5.74, 6) is 1.11. The molecule has 3 rings (SSSR count). The van der Waals surface area contributed by atoms with Gasteiger partial charge in [0.25, 0.3) is 0 Å². The molecular weight excluding hydrogens is 270 g/mol. The third-order valence-corrected chi connectivity index (χ3v) is 5.12. The van der Waals surface area contributed by atoms with Crippen LogP contribution in [0.2, 0.25) is 5.02 Å². The molecule has 0 N–H and O–H groups in total. The van der Waals surface area contributed by atoms with Crippen molar-refractivity contribution < 1.29 is 4.79 Å². The van der Waals surface area contributed by atoms with Gasteiger partial charge in [0.15, 0.2) is 5.78 Å². The fourth-order valence-corrected chi connectivity index (χ4v) is 4.08. The van der Waals surface area contributed by atoms with Gasteiger partial charge in [-0.3, -0.25) is 9.69 Å². The Balaban J connectivity index is 1.57. The second-order valence-electron chi connectivity index (χ2n) is 6.12. The quantitative estimate of drug-likeness (QED) is 0.776. The summed E-state index contributed by atoms with van der Waals surface area (Å²) in [6.45, 7) is 2.08. The van der Waals surface area contributed by atoms with Gasteiger partial charge in [0, 0.05) is 29.6 Å². The van der Waals surface area contributed by atoms with E-state index in [0.717, 1.165) is 24.1 Å². The number of hydrogen-bond donors (Lipinski definition) is 0. The van der Waals surface area contributed by atoms with Crippen LogP contribution in [0, 0.1) is 5.92 Å². The van der Waals surface area contributed by atoms with E-state index < -0.39 is 0 Å². The molecule has 0 aromatic heterocycles. The van der Waals surface area contributed by atoms with Crippen molar-refractivity contribution in [3.05, 3.63) is 34.9 Å². The molecule has 3 heteroatoms. The van der Waals surface area contributed by atoms with Gasteiger partial charge in [-0.15, -0.1) is 0 Å². The predicted molar refractivity (Wildman–Crippen MR) is 82.3 cm³/mol. The van der Waals surface area contributed by atoms with Gasteiger partial charge in [-0.05, 0) is 50.3 Å². The predicted octanol–water partition coefficient (Wildman–Crippen LogP) is 4.18. The summed E-state index contributed by atoms with van der Waals surface area (Å²) in [7, 11) is 0. The van der Waals surface area contributed by atoms with E-state index in [9.17, 15) is 4.79 Å². The normalized spacial score (nSPS) is 26.4. The first-order valence-electron chi connectivity index (χ1n) is 7.77. The minimum Gasteiger partial charge on any atom is -0.300 e. The zero-order valence-corrected chi connectivity index (χ0v) is 12.6. The molecule has 0 bridgehead atoms. The van der Waals surface area contributed by atoms with Gasteiger partial charge in [0.1, 0.15) is 0 Å². The van der Waals surface area contributed by atoms with E-state index in [2.05, 4.69) is 4.90 Å². The summed E-state index contributed by atoms with van der Waals surface area (Å²) in [5.41, 5.74) is 0.748. The molecule has 1 saturated carbocycles. The van der Waals surface area contributed by atoms with Crippen LogP contribution in [0.4, 0.5) is 0 Å². The van der Waals surface area contributed by atoms with Crippen molar-refractivity contribution >= 4 is 17.4 Å². The monoisotopic (exact) mass is 291 g/mol. The molecule has 2 atom stereocenters. The Bertz CT molecular complexity index is 488. The highest BCUT2D eigenvalue weighted by atomic mass is 35.5. The number of nitrogens with zero attached hydrogens (tertiary/aromatic N) is 1. The molecule has 0 radical (unpaired) electrons. The van der Waals surface area contributed by atoms with E-state index in [0.29, 0.717) is 11.4 Å². The number of benzene rings is 1. The molecule has 20 heavy (non-hydrogen) atoms. The van der Waals surface area contributed by atoms with Crippen LogP contribution in [0.3, 0.4) is 0 Å². The first-order valence-corrected chi connectivity index (χ1v) is 8.14. The summed E-state index contributed by atoms with van der Waals surface area (Å²) in [6.07, 6.45) is 7.40. The standard InChI is InChI=1S/C17H22ClNO/c18-15-7-1-5-14(12-15)17(20)9-11-19-10-3-6-13-4-2-8-16(13)19/h1,5,7,12-13,16H,2-4,6,8-11H2. The molecule has 0 amide bonds. The lowest BCUT2D eigenvalue weighted by atomic mass is 9.91. The topological polar surface area (TPSA) is 20.3 Å². The molecule has 0 spiro atoms. The number of piperidine rings is 1. The Morgan fingerprint density at radius 3 is 2.95 bits per heavy atom. The fourth-order valence-electron chi connectivity index (χ4n) is 3.89. The summed E-state index contributed by atoms with van der Waals surface area (Å²) in [5, 5.41) is 0.643. The maximum atomic E-state index is 12.2. The van der Waals surface area contributed by atoms with E-state index in [-0.39, 0.29) is 5.78 Å². The van der Waals surface area contributed by atoms with Crippen LogP contribution >= 0.6 is 11.6 Å². The van der Waals surface area contributed by atoms with Crippen LogP contribution in [-0.4, -0.2) is 29.8 Å². The van der Waals surface area contributed by atoms with Crippen LogP contribution in [0.5, 0.6) is 0 Å². The minimum absolute atomic E-state index is 0.215. The molecule has 2 aliphatic rings. The zero-order chi connectivity index (χ0) is 13.9. The lowest BCUT2D eigenvalue weighted by molar-refractivity contribution is 0.0875. The first kappa shape index (κ1) is 14.1. The molecule has 1 aliphatic heterocycles. The van der Waals surface area contributed by atoms with Crippen molar-refractivity contribution in [2.75, 3.05) is 13.1 Å². The van der Waals surface area contributed by atoms with E-state index in [4.69, 9.17) is 11.6 Å². The minimum atomic E-state index is 0.215. The lowest BCUT2D eigenvalue weighted by Crippen LogP contribution is -2.43. The highest BCUT2D eigenvalue weighted by molar-refractivity contribution is 6.31. The first-order chi connectivity index (χ1) is 9.74. The van der Waals surface area contributed by atoms with Gasteiger partial charge in [0.05, 0.1) is 0 Å². The maximum Gasteiger partial charge on any atom is 0.164 e. The average molecular weight is 292 g/mol. The lowest BCUT2D eigenvalue weighted by Gasteiger charge is -2.37. The van der Waals surface area contributed by atoms with Crippen LogP contribution in [0.15, 0.2) is 24.3 Å². The maximum absolute atomic E-state index is 12.2. The van der Waals surface area contributed by atoms with Crippen molar-refractivity contribution in [3.63, 3.8) is 0 Å². The number of fused-ring (bicyclic) bond motifs is 1. The molecular formula is C17H22ClNO. The van der Waals surface area contributed by atoms with Crippen LogP contribution in [0.25, 0.3) is 0 Å². The van der Waals surface area contributed by atoms with Gasteiger partial charge >= 0.3 is 0 Å². The summed E-state index contributed by atoms with van der Waals surface area (Å²) < 4.78 is 0. The van der Waals surface area contributed by atoms with Gasteiger partial charge in [-0.2, -0.15) is 0 Å². The number of likely N-dealkylation sites (tertiary alicyclic amines) is 1. The van der Waals surface area contributed by atoms with Crippen LogP contribution in [-0.2, 0) is 0 Å². The molecule has 1 heterocycles. The largest absolute Gasteiger partial charge is 0.300 e. The Morgan fingerprint density at radius 2 is 2.10 bits per heavy atom. The smallest absolute Gasteiger partial charge is 0.164 e. The second-order valence-corrected chi connectivity index (χ2v) is 6.56. The molecule has 2 fully saturated rings. The van der Waals surface area contributed by atoms with Gasteiger partial charge in [-0.25, -0.2) is 0 Å². The van der Waals surface area contributed by atoms with Crippen molar-refractivity contribution in [1.29, 1.82) is 0 Å². The molecule has 1 aromatic rings. The third kappa shape index (κ3) is 3.07. The summed E-state index contributed by atoms with van der Waals surface area (Å²) >= 11 is 5.95. The molecule has 108 valence electrons. The van der Waals surface area contributed by atoms with Crippen molar-refractivity contribution in [1.82, 2.24) is 4.90 Å². The van der Waals surface area contributed by atoms with Crippen molar-refractivity contribution in [2.24, 2.45) is 5.92 Å². The highest BCUT2D eigenvalue weighted by Crippen LogP contribution is 2.36. The number of halogens is 1. The number of carbonyl (C=O) groups excluding carboxylic acids is 1. The van der Waals surface area contributed by atoms with Crippen molar-refractivity contribution in [3.8, 4) is 0 Å². The van der Waals surface area contributed by atoms with Gasteiger partial charge < -0.3 is 0 Å². The van der Waals surface area contributed by atoms with Crippen molar-refractivity contribution in [2.45, 2.75) is 44.6 Å². The zero-order valence-electron chi connectivity index (χ0n) is 11.9. The Kier molecular flexibility index (Phi) is 4.42. The van der Waals surface area contributed by atoms with E-state index in [1.807, 2.05) is 18.2 Å². The Hall–Kier alpha value is -0.860. The molecule has 2 nitrogen and oxygen atoms in total. The van der Waals surface area contributed by atoms with E-state index in [1.54, 1.807) is 6.07 Å². The average Bonchev–Trinajstić information content (AvgIpc) is 2.93. The SMILES string of the molecule is O=C(CCN1CCCC2CCCC21)c1cccc(Cl)c1. The molecule has 1 saturated heterocycles. The number of ketones is 1. The third-order valence-electron chi connectivity index (χ3n) is 4.88. The van der Waals surface area contributed by atoms with Crippen LogP contribution < -0.4 is 0 Å². The highest BCUT2D eigenvalue weighted by Gasteiger charge is 2.34. The number of carbonyl (C=O) groups is 1. The summed E-state index contributed by atoms with van der Waals surface area (Å²) in [4.78, 5) is 14.8. The molecule has 1 aliphatic carbocycles. The van der Waals surface area contributed by atoms with Crippen LogP contribution in [0.1, 0.15) is 48.9 Å². The van der Waals surface area contributed by atoms with Gasteiger partial charge in [0.2, 0.25) is 0 Å². The van der Waals surface area contributed by atoms with Gasteiger partial charge in [-0.1, -0.05) is 30.2 Å².